The third kappa shape index (κ3) is 3.97. The van der Waals surface area contributed by atoms with Crippen molar-refractivity contribution >= 4 is 21.9 Å². The zero-order valence-corrected chi connectivity index (χ0v) is 11.7. The summed E-state index contributed by atoms with van der Waals surface area (Å²) in [4.78, 5) is 10.3. The number of ether oxygens (including phenoxy) is 2. The average molecular weight is 319 g/mol. The number of halogens is 1. The van der Waals surface area contributed by atoms with E-state index in [0.717, 1.165) is 10.0 Å². The molecular formula is C12H15BrO5. The van der Waals surface area contributed by atoms with Crippen molar-refractivity contribution in [1.29, 1.82) is 0 Å². The van der Waals surface area contributed by atoms with Crippen LogP contribution in [0.2, 0.25) is 0 Å². The first-order valence-electron chi connectivity index (χ1n) is 5.27. The van der Waals surface area contributed by atoms with E-state index in [2.05, 4.69) is 15.9 Å². The van der Waals surface area contributed by atoms with Crippen LogP contribution in [0, 0.1) is 6.92 Å². The van der Waals surface area contributed by atoms with Crippen molar-refractivity contribution in [3.8, 4) is 5.75 Å². The van der Waals surface area contributed by atoms with Crippen molar-refractivity contribution in [3.05, 3.63) is 27.7 Å². The summed E-state index contributed by atoms with van der Waals surface area (Å²) in [6.45, 7) is 1.37. The van der Waals surface area contributed by atoms with Crippen molar-refractivity contribution in [1.82, 2.24) is 0 Å². The minimum absolute atomic E-state index is 0.0990. The third-order valence-corrected chi connectivity index (χ3v) is 3.23. The standard InChI is InChI=1S/C12H15BrO5/c1-7-3-11(17-2)8(4-9(7)13)10(14)5-18-6-12(15)16/h3-4,10,14H,5-6H2,1-2H3,(H,15,16). The fourth-order valence-corrected chi connectivity index (χ4v) is 1.82. The number of carbonyl (C=O) groups is 1. The Bertz CT molecular complexity index is 433. The zero-order chi connectivity index (χ0) is 13.7. The van der Waals surface area contributed by atoms with Crippen LogP contribution in [0.15, 0.2) is 16.6 Å². The first-order chi connectivity index (χ1) is 8.45. The Kier molecular flexibility index (Phi) is 5.58. The van der Waals surface area contributed by atoms with E-state index in [9.17, 15) is 9.90 Å². The van der Waals surface area contributed by atoms with Crippen LogP contribution in [0.1, 0.15) is 17.2 Å². The number of aliphatic hydroxyl groups is 1. The van der Waals surface area contributed by atoms with Crippen molar-refractivity contribution in [2.45, 2.75) is 13.0 Å². The molecule has 1 aromatic rings. The van der Waals surface area contributed by atoms with E-state index in [1.807, 2.05) is 6.92 Å². The second-order valence-corrected chi connectivity index (χ2v) is 4.62. The smallest absolute Gasteiger partial charge is 0.329 e. The Morgan fingerprint density at radius 1 is 1.50 bits per heavy atom. The molecular weight excluding hydrogens is 304 g/mol. The molecule has 0 bridgehead atoms. The number of aliphatic hydroxyl groups excluding tert-OH is 1. The van der Waals surface area contributed by atoms with Gasteiger partial charge in [0.05, 0.1) is 13.7 Å². The van der Waals surface area contributed by atoms with Gasteiger partial charge in [-0.05, 0) is 24.6 Å². The lowest BCUT2D eigenvalue weighted by Crippen LogP contribution is -2.13. The first kappa shape index (κ1) is 14.9. The molecule has 0 saturated heterocycles. The second kappa shape index (κ2) is 6.72. The molecule has 2 N–H and O–H groups in total. The van der Waals surface area contributed by atoms with Crippen LogP contribution in [0.5, 0.6) is 5.75 Å². The topological polar surface area (TPSA) is 76.0 Å². The van der Waals surface area contributed by atoms with Crippen LogP contribution in [-0.4, -0.2) is 36.5 Å². The quantitative estimate of drug-likeness (QED) is 0.837. The number of benzene rings is 1. The summed E-state index contributed by atoms with van der Waals surface area (Å²) in [5.74, 6) is -0.527. The highest BCUT2D eigenvalue weighted by molar-refractivity contribution is 9.10. The van der Waals surface area contributed by atoms with E-state index in [4.69, 9.17) is 14.6 Å². The number of aryl methyl sites for hydroxylation is 1. The summed E-state index contributed by atoms with van der Waals surface area (Å²) in [7, 11) is 1.51. The Hall–Kier alpha value is -1.11. The molecule has 6 heteroatoms. The van der Waals surface area contributed by atoms with E-state index < -0.39 is 18.7 Å². The molecule has 0 aliphatic heterocycles. The van der Waals surface area contributed by atoms with Crippen LogP contribution in [0.3, 0.4) is 0 Å². The van der Waals surface area contributed by atoms with Gasteiger partial charge in [-0.3, -0.25) is 0 Å². The van der Waals surface area contributed by atoms with Gasteiger partial charge in [-0.15, -0.1) is 0 Å². The number of methoxy groups -OCH3 is 1. The minimum Gasteiger partial charge on any atom is -0.496 e. The van der Waals surface area contributed by atoms with Crippen LogP contribution in [0.25, 0.3) is 0 Å². The Morgan fingerprint density at radius 2 is 2.17 bits per heavy atom. The lowest BCUT2D eigenvalue weighted by Gasteiger charge is -2.16. The monoisotopic (exact) mass is 318 g/mol. The van der Waals surface area contributed by atoms with E-state index >= 15 is 0 Å². The van der Waals surface area contributed by atoms with E-state index in [-0.39, 0.29) is 6.61 Å². The molecule has 18 heavy (non-hydrogen) atoms. The Morgan fingerprint density at radius 3 is 2.72 bits per heavy atom. The molecule has 0 saturated carbocycles. The number of carboxylic acid groups (broad SMARTS) is 1. The predicted octanol–water partition coefficient (Wildman–Crippen LogP) is 1.90. The van der Waals surface area contributed by atoms with Crippen LogP contribution in [0.4, 0.5) is 0 Å². The Labute approximate surface area is 113 Å². The van der Waals surface area contributed by atoms with E-state index in [0.29, 0.717) is 11.3 Å². The lowest BCUT2D eigenvalue weighted by atomic mass is 10.1. The molecule has 1 aromatic carbocycles. The third-order valence-electron chi connectivity index (χ3n) is 2.37. The molecule has 1 unspecified atom stereocenters. The predicted molar refractivity (Wildman–Crippen MR) is 68.8 cm³/mol. The molecule has 0 aromatic heterocycles. The highest BCUT2D eigenvalue weighted by atomic mass is 79.9. The summed E-state index contributed by atoms with van der Waals surface area (Å²) in [6.07, 6.45) is -0.934. The minimum atomic E-state index is -1.07. The highest BCUT2D eigenvalue weighted by Gasteiger charge is 2.16. The summed E-state index contributed by atoms with van der Waals surface area (Å²) >= 11 is 3.37. The van der Waals surface area contributed by atoms with Gasteiger partial charge in [-0.1, -0.05) is 15.9 Å². The van der Waals surface area contributed by atoms with E-state index in [1.54, 1.807) is 12.1 Å². The fraction of sp³-hybridized carbons (Fsp3) is 0.417. The van der Waals surface area contributed by atoms with Crippen molar-refractivity contribution in [3.63, 3.8) is 0 Å². The number of hydrogen-bond donors (Lipinski definition) is 2. The zero-order valence-electron chi connectivity index (χ0n) is 10.1. The number of rotatable bonds is 6. The summed E-state index contributed by atoms with van der Waals surface area (Å²) in [6, 6.07) is 3.53. The molecule has 100 valence electrons. The molecule has 0 heterocycles. The second-order valence-electron chi connectivity index (χ2n) is 3.77. The van der Waals surface area contributed by atoms with Crippen LogP contribution >= 0.6 is 15.9 Å². The summed E-state index contributed by atoms with van der Waals surface area (Å²) < 4.78 is 10.9. The van der Waals surface area contributed by atoms with Gasteiger partial charge in [0.2, 0.25) is 0 Å². The molecule has 0 amide bonds. The number of carboxylic acids is 1. The largest absolute Gasteiger partial charge is 0.496 e. The summed E-state index contributed by atoms with van der Waals surface area (Å²) in [5.41, 5.74) is 1.54. The van der Waals surface area contributed by atoms with Gasteiger partial charge in [-0.2, -0.15) is 0 Å². The average Bonchev–Trinajstić information content (AvgIpc) is 2.31. The SMILES string of the molecule is COc1cc(C)c(Br)cc1C(O)COCC(=O)O. The molecule has 0 aliphatic rings. The van der Waals surface area contributed by atoms with E-state index in [1.165, 1.54) is 7.11 Å². The highest BCUT2D eigenvalue weighted by Crippen LogP contribution is 2.31. The maximum Gasteiger partial charge on any atom is 0.329 e. The molecule has 0 radical (unpaired) electrons. The van der Waals surface area contributed by atoms with Gasteiger partial charge in [0.15, 0.2) is 0 Å². The maximum atomic E-state index is 10.3. The first-order valence-corrected chi connectivity index (χ1v) is 6.06. The molecule has 0 aliphatic carbocycles. The fourth-order valence-electron chi connectivity index (χ4n) is 1.46. The molecule has 0 spiro atoms. The normalized spacial score (nSPS) is 12.2. The van der Waals surface area contributed by atoms with Gasteiger partial charge in [0.25, 0.3) is 0 Å². The van der Waals surface area contributed by atoms with Gasteiger partial charge in [-0.25, -0.2) is 4.79 Å². The van der Waals surface area contributed by atoms with Crippen LogP contribution < -0.4 is 4.74 Å². The molecule has 1 rings (SSSR count). The van der Waals surface area contributed by atoms with Crippen LogP contribution in [-0.2, 0) is 9.53 Å². The Balaban J connectivity index is 2.80. The molecule has 0 fully saturated rings. The molecule has 1 atom stereocenters. The van der Waals surface area contributed by atoms with Gasteiger partial charge in [0, 0.05) is 10.0 Å². The maximum absolute atomic E-state index is 10.3. The van der Waals surface area contributed by atoms with Gasteiger partial charge < -0.3 is 19.7 Å². The van der Waals surface area contributed by atoms with Crippen molar-refractivity contribution in [2.24, 2.45) is 0 Å². The van der Waals surface area contributed by atoms with Crippen molar-refractivity contribution < 1.29 is 24.5 Å². The molecule has 5 nitrogen and oxygen atoms in total. The lowest BCUT2D eigenvalue weighted by molar-refractivity contribution is -0.143. The number of hydrogen-bond acceptors (Lipinski definition) is 4. The van der Waals surface area contributed by atoms with Gasteiger partial charge in [0.1, 0.15) is 18.5 Å². The van der Waals surface area contributed by atoms with Crippen molar-refractivity contribution in [2.75, 3.05) is 20.3 Å². The summed E-state index contributed by atoms with van der Waals surface area (Å²) in [5, 5.41) is 18.4. The number of aliphatic carboxylic acids is 1. The van der Waals surface area contributed by atoms with Gasteiger partial charge >= 0.3 is 5.97 Å².